The van der Waals surface area contributed by atoms with Crippen molar-refractivity contribution in [2.24, 2.45) is 0 Å². The van der Waals surface area contributed by atoms with Crippen molar-refractivity contribution in [3.8, 4) is 0 Å². The number of fused-ring (bicyclic) bond motifs is 1. The second kappa shape index (κ2) is 7.55. The van der Waals surface area contributed by atoms with Gasteiger partial charge in [-0.25, -0.2) is 13.9 Å². The highest BCUT2D eigenvalue weighted by Gasteiger charge is 2.28. The molecule has 4 heterocycles. The van der Waals surface area contributed by atoms with Gasteiger partial charge in [-0.1, -0.05) is 12.1 Å². The van der Waals surface area contributed by atoms with Crippen LogP contribution in [0.2, 0.25) is 0 Å². The molecule has 0 spiro atoms. The highest BCUT2D eigenvalue weighted by Crippen LogP contribution is 2.35. The number of benzene rings is 1. The Morgan fingerprint density at radius 3 is 2.93 bits per heavy atom. The topological polar surface area (TPSA) is 75.4 Å². The number of hydrogen-bond donors (Lipinski definition) is 1. The molecule has 1 saturated heterocycles. The van der Waals surface area contributed by atoms with Crippen LogP contribution in [0, 0.1) is 5.82 Å². The standard InChI is InChI=1S/C22H19FN6O/c23-17-6-1-4-15(12-17)19-7-3-10-28(19)20-8-11-29-21(27-20)18(14-25-29)26-22(30)16-5-2-9-24-13-16/h1-2,4-6,8-9,11-14,19H,3,7,10H2,(H,26,30). The van der Waals surface area contributed by atoms with Crippen molar-refractivity contribution in [2.75, 3.05) is 16.8 Å². The number of amides is 1. The Labute approximate surface area is 172 Å². The van der Waals surface area contributed by atoms with E-state index in [0.717, 1.165) is 30.8 Å². The Balaban J connectivity index is 1.46. The molecule has 1 aromatic carbocycles. The highest BCUT2D eigenvalue weighted by atomic mass is 19.1. The van der Waals surface area contributed by atoms with Crippen molar-refractivity contribution in [2.45, 2.75) is 18.9 Å². The molecule has 5 rings (SSSR count). The van der Waals surface area contributed by atoms with Crippen molar-refractivity contribution in [3.63, 3.8) is 0 Å². The average Bonchev–Trinajstić information content (AvgIpc) is 3.41. The maximum atomic E-state index is 13.7. The third-order valence-electron chi connectivity index (χ3n) is 5.31. The van der Waals surface area contributed by atoms with E-state index in [9.17, 15) is 9.18 Å². The molecule has 1 unspecified atom stereocenters. The SMILES string of the molecule is O=C(Nc1cnn2ccc(N3CCCC3c3cccc(F)c3)nc12)c1cccnc1. The number of halogens is 1. The van der Waals surface area contributed by atoms with Gasteiger partial charge >= 0.3 is 0 Å². The molecule has 1 amide bonds. The van der Waals surface area contributed by atoms with E-state index in [4.69, 9.17) is 4.98 Å². The van der Waals surface area contributed by atoms with Gasteiger partial charge in [0, 0.05) is 25.1 Å². The van der Waals surface area contributed by atoms with Gasteiger partial charge in [0.25, 0.3) is 5.91 Å². The molecule has 8 heteroatoms. The zero-order valence-corrected chi connectivity index (χ0v) is 16.1. The van der Waals surface area contributed by atoms with Gasteiger partial charge in [-0.2, -0.15) is 5.10 Å². The van der Waals surface area contributed by atoms with Crippen molar-refractivity contribution in [1.29, 1.82) is 0 Å². The van der Waals surface area contributed by atoms with Gasteiger partial charge in [-0.3, -0.25) is 9.78 Å². The molecule has 1 atom stereocenters. The number of nitrogens with zero attached hydrogens (tertiary/aromatic N) is 5. The van der Waals surface area contributed by atoms with Gasteiger partial charge in [0.2, 0.25) is 0 Å². The van der Waals surface area contributed by atoms with E-state index < -0.39 is 0 Å². The van der Waals surface area contributed by atoms with E-state index in [-0.39, 0.29) is 17.8 Å². The largest absolute Gasteiger partial charge is 0.349 e. The van der Waals surface area contributed by atoms with Crippen LogP contribution in [-0.4, -0.2) is 32.0 Å². The summed E-state index contributed by atoms with van der Waals surface area (Å²) in [5.74, 6) is 0.259. The van der Waals surface area contributed by atoms with Crippen LogP contribution >= 0.6 is 0 Å². The maximum absolute atomic E-state index is 13.7. The molecule has 0 saturated carbocycles. The number of nitrogens with one attached hydrogen (secondary N) is 1. The monoisotopic (exact) mass is 402 g/mol. The fourth-order valence-corrected chi connectivity index (χ4v) is 3.90. The number of aromatic nitrogens is 4. The molecule has 0 aliphatic carbocycles. The third kappa shape index (κ3) is 3.36. The molecular weight excluding hydrogens is 383 g/mol. The fourth-order valence-electron chi connectivity index (χ4n) is 3.90. The minimum absolute atomic E-state index is 0.0620. The van der Waals surface area contributed by atoms with E-state index in [1.165, 1.54) is 12.3 Å². The lowest BCUT2D eigenvalue weighted by Gasteiger charge is -2.26. The van der Waals surface area contributed by atoms with Crippen LogP contribution in [-0.2, 0) is 0 Å². The van der Waals surface area contributed by atoms with Crippen LogP contribution in [0.4, 0.5) is 15.9 Å². The molecule has 0 bridgehead atoms. The molecule has 3 aromatic heterocycles. The fraction of sp³-hybridized carbons (Fsp3) is 0.182. The summed E-state index contributed by atoms with van der Waals surface area (Å²) >= 11 is 0. The summed E-state index contributed by atoms with van der Waals surface area (Å²) in [6.45, 7) is 0.829. The second-order valence-electron chi connectivity index (χ2n) is 7.21. The molecule has 7 nitrogen and oxygen atoms in total. The number of carbonyl (C=O) groups is 1. The van der Waals surface area contributed by atoms with E-state index in [1.807, 2.05) is 18.3 Å². The molecular formula is C22H19FN6O. The number of rotatable bonds is 4. The first-order valence-electron chi connectivity index (χ1n) is 9.77. The lowest BCUT2D eigenvalue weighted by Crippen LogP contribution is -2.24. The molecule has 1 aliphatic rings. The summed E-state index contributed by atoms with van der Waals surface area (Å²) in [4.78, 5) is 23.4. The van der Waals surface area contributed by atoms with E-state index in [2.05, 4.69) is 20.3 Å². The summed E-state index contributed by atoms with van der Waals surface area (Å²) < 4.78 is 15.4. The number of anilines is 2. The first kappa shape index (κ1) is 18.2. The van der Waals surface area contributed by atoms with Crippen molar-refractivity contribution >= 4 is 23.1 Å². The van der Waals surface area contributed by atoms with Crippen LogP contribution in [0.5, 0.6) is 0 Å². The van der Waals surface area contributed by atoms with Crippen molar-refractivity contribution < 1.29 is 9.18 Å². The molecule has 0 radical (unpaired) electrons. The Kier molecular flexibility index (Phi) is 4.59. The summed E-state index contributed by atoms with van der Waals surface area (Å²) in [6.07, 6.45) is 8.45. The number of carbonyl (C=O) groups excluding carboxylic acids is 1. The zero-order valence-electron chi connectivity index (χ0n) is 16.1. The Bertz CT molecular complexity index is 1210. The summed E-state index contributed by atoms with van der Waals surface area (Å²) in [6, 6.07) is 12.1. The van der Waals surface area contributed by atoms with Gasteiger partial charge in [0.05, 0.1) is 17.8 Å². The first-order valence-corrected chi connectivity index (χ1v) is 9.77. The van der Waals surface area contributed by atoms with E-state index in [1.54, 1.807) is 41.2 Å². The van der Waals surface area contributed by atoms with Crippen LogP contribution in [0.25, 0.3) is 5.65 Å². The minimum atomic E-state index is -0.274. The Morgan fingerprint density at radius 1 is 1.17 bits per heavy atom. The molecule has 1 fully saturated rings. The number of hydrogen-bond acceptors (Lipinski definition) is 5. The maximum Gasteiger partial charge on any atom is 0.257 e. The normalized spacial score (nSPS) is 16.2. The Hall–Kier alpha value is -3.81. The summed E-state index contributed by atoms with van der Waals surface area (Å²) in [7, 11) is 0. The lowest BCUT2D eigenvalue weighted by atomic mass is 10.0. The van der Waals surface area contributed by atoms with Crippen molar-refractivity contribution in [1.82, 2.24) is 19.6 Å². The predicted octanol–water partition coefficient (Wildman–Crippen LogP) is 3.86. The van der Waals surface area contributed by atoms with Gasteiger partial charge in [-0.15, -0.1) is 0 Å². The Morgan fingerprint density at radius 2 is 2.10 bits per heavy atom. The molecule has 150 valence electrons. The third-order valence-corrected chi connectivity index (χ3v) is 5.31. The minimum Gasteiger partial charge on any atom is -0.349 e. The van der Waals surface area contributed by atoms with Crippen LogP contribution in [0.15, 0.2) is 67.3 Å². The highest BCUT2D eigenvalue weighted by molar-refractivity contribution is 6.05. The van der Waals surface area contributed by atoms with E-state index in [0.29, 0.717) is 16.9 Å². The van der Waals surface area contributed by atoms with Crippen LogP contribution in [0.3, 0.4) is 0 Å². The summed E-state index contributed by atoms with van der Waals surface area (Å²) in [5, 5.41) is 7.13. The summed E-state index contributed by atoms with van der Waals surface area (Å²) in [5.41, 5.74) is 2.47. The zero-order chi connectivity index (χ0) is 20.5. The first-order chi connectivity index (χ1) is 14.7. The van der Waals surface area contributed by atoms with Crippen LogP contribution < -0.4 is 10.2 Å². The second-order valence-corrected chi connectivity index (χ2v) is 7.21. The van der Waals surface area contributed by atoms with Crippen molar-refractivity contribution in [3.05, 3.63) is 84.2 Å². The quantitative estimate of drug-likeness (QED) is 0.561. The molecule has 1 aliphatic heterocycles. The molecule has 4 aromatic rings. The van der Waals surface area contributed by atoms with Gasteiger partial charge in [-0.05, 0) is 48.7 Å². The number of pyridine rings is 1. The van der Waals surface area contributed by atoms with Crippen LogP contribution in [0.1, 0.15) is 34.8 Å². The average molecular weight is 402 g/mol. The smallest absolute Gasteiger partial charge is 0.257 e. The van der Waals surface area contributed by atoms with Gasteiger partial charge in [0.15, 0.2) is 5.65 Å². The van der Waals surface area contributed by atoms with E-state index >= 15 is 0 Å². The predicted molar refractivity (Wildman–Crippen MR) is 111 cm³/mol. The van der Waals surface area contributed by atoms with Gasteiger partial charge < -0.3 is 10.2 Å². The van der Waals surface area contributed by atoms with Gasteiger partial charge in [0.1, 0.15) is 17.3 Å². The molecule has 30 heavy (non-hydrogen) atoms. The lowest BCUT2D eigenvalue weighted by molar-refractivity contribution is 0.102. The molecule has 1 N–H and O–H groups in total.